The van der Waals surface area contributed by atoms with Crippen LogP contribution in [-0.4, -0.2) is 23.5 Å². The van der Waals surface area contributed by atoms with E-state index in [1.807, 2.05) is 0 Å². The number of carboxylic acid groups (broad SMARTS) is 1. The number of benzene rings is 1. The molecule has 26 heavy (non-hydrogen) atoms. The molecule has 0 saturated carbocycles. The fraction of sp³-hybridized carbons (Fsp3) is 0.353. The number of carboxylic acids is 1. The van der Waals surface area contributed by atoms with Crippen LogP contribution in [0.15, 0.2) is 36.0 Å². The van der Waals surface area contributed by atoms with Crippen molar-refractivity contribution < 1.29 is 27.9 Å². The summed E-state index contributed by atoms with van der Waals surface area (Å²) in [5.41, 5.74) is -1.55. The Labute approximate surface area is 148 Å². The smallest absolute Gasteiger partial charge is 0.418 e. The van der Waals surface area contributed by atoms with E-state index in [2.05, 4.69) is 10.6 Å². The zero-order valence-corrected chi connectivity index (χ0v) is 13.8. The van der Waals surface area contributed by atoms with E-state index in [1.54, 1.807) is 6.07 Å². The topological polar surface area (TPSA) is 102 Å². The number of para-hydroxylation sites is 1. The lowest BCUT2D eigenvalue weighted by atomic mass is 10.1. The number of aliphatic carboxylic acids is 1. The number of carbonyl (C=O) groups is 2. The minimum atomic E-state index is -4.57. The van der Waals surface area contributed by atoms with Gasteiger partial charge in [-0.25, -0.2) is 0 Å². The predicted molar refractivity (Wildman–Crippen MR) is 87.9 cm³/mol. The van der Waals surface area contributed by atoms with Gasteiger partial charge in [0.05, 0.1) is 11.3 Å². The predicted octanol–water partition coefficient (Wildman–Crippen LogP) is 3.29. The van der Waals surface area contributed by atoms with E-state index in [0.717, 1.165) is 12.3 Å². The molecule has 1 aromatic rings. The van der Waals surface area contributed by atoms with Crippen molar-refractivity contribution in [1.82, 2.24) is 5.32 Å². The van der Waals surface area contributed by atoms with Crippen LogP contribution < -0.4 is 10.6 Å². The summed E-state index contributed by atoms with van der Waals surface area (Å²) in [7, 11) is 0. The van der Waals surface area contributed by atoms with Gasteiger partial charge in [-0.1, -0.05) is 18.6 Å². The van der Waals surface area contributed by atoms with Crippen molar-refractivity contribution in [2.45, 2.75) is 31.9 Å². The molecule has 0 atom stereocenters. The van der Waals surface area contributed by atoms with Gasteiger partial charge in [0.25, 0.3) is 5.91 Å². The standard InChI is InChI=1S/C17H18F3N3O3/c18-17(19,20)13-6-3-4-7-14(13)23-11-12(10-21)16(26)22-9-5-1-2-8-15(24)25/h3-4,6-7,11,23H,1-2,5,8-9H2,(H,22,26)(H,24,25)/b12-11-. The van der Waals surface area contributed by atoms with Crippen LogP contribution in [0.2, 0.25) is 0 Å². The summed E-state index contributed by atoms with van der Waals surface area (Å²) >= 11 is 0. The van der Waals surface area contributed by atoms with Gasteiger partial charge in [0, 0.05) is 19.2 Å². The van der Waals surface area contributed by atoms with E-state index in [9.17, 15) is 22.8 Å². The van der Waals surface area contributed by atoms with Gasteiger partial charge in [0.2, 0.25) is 0 Å². The van der Waals surface area contributed by atoms with E-state index in [1.165, 1.54) is 18.2 Å². The van der Waals surface area contributed by atoms with E-state index < -0.39 is 23.6 Å². The van der Waals surface area contributed by atoms with Crippen LogP contribution >= 0.6 is 0 Å². The number of carbonyl (C=O) groups excluding carboxylic acids is 1. The second-order valence-corrected chi connectivity index (χ2v) is 5.32. The third kappa shape index (κ3) is 7.25. The number of amides is 1. The van der Waals surface area contributed by atoms with Crippen LogP contribution in [-0.2, 0) is 15.8 Å². The summed E-state index contributed by atoms with van der Waals surface area (Å²) in [6.07, 6.45) is -2.01. The lowest BCUT2D eigenvalue weighted by Gasteiger charge is -2.12. The molecule has 0 fully saturated rings. The van der Waals surface area contributed by atoms with Gasteiger partial charge in [0.15, 0.2) is 0 Å². The van der Waals surface area contributed by atoms with Crippen LogP contribution in [0.25, 0.3) is 0 Å². The maximum atomic E-state index is 12.9. The molecule has 0 saturated heterocycles. The zero-order valence-electron chi connectivity index (χ0n) is 13.8. The van der Waals surface area contributed by atoms with Crippen molar-refractivity contribution in [3.8, 4) is 6.07 Å². The first-order valence-corrected chi connectivity index (χ1v) is 7.78. The molecule has 1 aromatic carbocycles. The normalized spacial score (nSPS) is 11.5. The molecule has 0 radical (unpaired) electrons. The minimum absolute atomic E-state index is 0.0415. The summed E-state index contributed by atoms with van der Waals surface area (Å²) in [5, 5.41) is 22.3. The highest BCUT2D eigenvalue weighted by Crippen LogP contribution is 2.34. The second kappa shape index (κ2) is 10.1. The summed E-state index contributed by atoms with van der Waals surface area (Å²) in [6.45, 7) is 0.233. The Balaban J connectivity index is 2.59. The average molecular weight is 369 g/mol. The number of hydrogen-bond donors (Lipinski definition) is 3. The Bertz CT molecular complexity index is 709. The summed E-state index contributed by atoms with van der Waals surface area (Å²) in [4.78, 5) is 22.2. The molecule has 0 unspecified atom stereocenters. The third-order valence-corrected chi connectivity index (χ3v) is 3.32. The van der Waals surface area contributed by atoms with Gasteiger partial charge in [-0.2, -0.15) is 18.4 Å². The molecule has 0 aliphatic heterocycles. The molecule has 0 spiro atoms. The third-order valence-electron chi connectivity index (χ3n) is 3.32. The molecule has 0 bridgehead atoms. The summed E-state index contributed by atoms with van der Waals surface area (Å²) in [6, 6.07) is 6.34. The lowest BCUT2D eigenvalue weighted by Crippen LogP contribution is -2.26. The molecule has 0 aliphatic rings. The van der Waals surface area contributed by atoms with Gasteiger partial charge < -0.3 is 15.7 Å². The number of nitriles is 1. The Kier molecular flexibility index (Phi) is 8.15. The maximum absolute atomic E-state index is 12.9. The number of anilines is 1. The molecular weight excluding hydrogens is 351 g/mol. The van der Waals surface area contributed by atoms with Gasteiger partial charge in [-0.15, -0.1) is 0 Å². The van der Waals surface area contributed by atoms with E-state index in [-0.39, 0.29) is 24.2 Å². The fourth-order valence-corrected chi connectivity index (χ4v) is 2.03. The first-order valence-electron chi connectivity index (χ1n) is 7.78. The second-order valence-electron chi connectivity index (χ2n) is 5.32. The molecule has 0 aromatic heterocycles. The van der Waals surface area contributed by atoms with Gasteiger partial charge in [-0.3, -0.25) is 9.59 Å². The van der Waals surface area contributed by atoms with Crippen molar-refractivity contribution in [1.29, 1.82) is 5.26 Å². The van der Waals surface area contributed by atoms with Crippen LogP contribution in [0.5, 0.6) is 0 Å². The Hall–Kier alpha value is -3.02. The highest BCUT2D eigenvalue weighted by atomic mass is 19.4. The first kappa shape index (κ1) is 21.0. The molecule has 140 valence electrons. The van der Waals surface area contributed by atoms with Gasteiger partial charge >= 0.3 is 12.1 Å². The zero-order chi connectivity index (χ0) is 19.6. The Morgan fingerprint density at radius 2 is 1.88 bits per heavy atom. The van der Waals surface area contributed by atoms with Crippen molar-refractivity contribution in [2.75, 3.05) is 11.9 Å². The molecular formula is C17H18F3N3O3. The van der Waals surface area contributed by atoms with Crippen molar-refractivity contribution in [3.63, 3.8) is 0 Å². The molecule has 1 amide bonds. The number of rotatable bonds is 9. The number of nitrogens with zero attached hydrogens (tertiary/aromatic N) is 1. The number of unbranched alkanes of at least 4 members (excludes halogenated alkanes) is 2. The van der Waals surface area contributed by atoms with Crippen LogP contribution in [0.3, 0.4) is 0 Å². The minimum Gasteiger partial charge on any atom is -0.481 e. The number of hydrogen-bond acceptors (Lipinski definition) is 4. The summed E-state index contributed by atoms with van der Waals surface area (Å²) in [5.74, 6) is -1.61. The first-order chi connectivity index (χ1) is 12.3. The SMILES string of the molecule is N#C/C(=C/Nc1ccccc1C(F)(F)F)C(=O)NCCCCCC(=O)O. The highest BCUT2D eigenvalue weighted by Gasteiger charge is 2.33. The fourth-order valence-electron chi connectivity index (χ4n) is 2.03. The van der Waals surface area contributed by atoms with Crippen LogP contribution in [0.4, 0.5) is 18.9 Å². The number of nitrogens with one attached hydrogen (secondary N) is 2. The maximum Gasteiger partial charge on any atom is 0.418 e. The lowest BCUT2D eigenvalue weighted by molar-refractivity contribution is -0.138. The molecule has 1 rings (SSSR count). The van der Waals surface area contributed by atoms with Crippen molar-refractivity contribution >= 4 is 17.6 Å². The van der Waals surface area contributed by atoms with Crippen LogP contribution in [0, 0.1) is 11.3 Å². The Morgan fingerprint density at radius 1 is 1.19 bits per heavy atom. The molecule has 6 nitrogen and oxygen atoms in total. The molecule has 9 heteroatoms. The van der Waals surface area contributed by atoms with E-state index in [0.29, 0.717) is 19.3 Å². The monoisotopic (exact) mass is 369 g/mol. The quantitative estimate of drug-likeness (QED) is 0.352. The number of alkyl halides is 3. The van der Waals surface area contributed by atoms with E-state index >= 15 is 0 Å². The van der Waals surface area contributed by atoms with Gasteiger partial charge in [-0.05, 0) is 25.0 Å². The molecule has 0 aliphatic carbocycles. The molecule has 3 N–H and O–H groups in total. The van der Waals surface area contributed by atoms with Crippen molar-refractivity contribution in [3.05, 3.63) is 41.6 Å². The van der Waals surface area contributed by atoms with E-state index in [4.69, 9.17) is 10.4 Å². The van der Waals surface area contributed by atoms with Crippen molar-refractivity contribution in [2.24, 2.45) is 0 Å². The van der Waals surface area contributed by atoms with Crippen LogP contribution in [0.1, 0.15) is 31.2 Å². The highest BCUT2D eigenvalue weighted by molar-refractivity contribution is 5.97. The largest absolute Gasteiger partial charge is 0.481 e. The van der Waals surface area contributed by atoms with Gasteiger partial charge in [0.1, 0.15) is 11.6 Å². The Morgan fingerprint density at radius 3 is 2.50 bits per heavy atom. The average Bonchev–Trinajstić information content (AvgIpc) is 2.57. The summed E-state index contributed by atoms with van der Waals surface area (Å²) < 4.78 is 38.7. The molecule has 0 heterocycles. The number of halogens is 3.